The number of rotatable bonds is 5. The van der Waals surface area contributed by atoms with Crippen LogP contribution >= 0.6 is 11.6 Å². The molecule has 1 aliphatic rings. The normalized spacial score (nSPS) is 13.2. The number of nitrogens with zero attached hydrogens (tertiary/aromatic N) is 2. The van der Waals surface area contributed by atoms with Crippen molar-refractivity contribution in [1.82, 2.24) is 10.2 Å². The number of halogens is 1. The molecule has 2 aromatic carbocycles. The summed E-state index contributed by atoms with van der Waals surface area (Å²) in [7, 11) is 0. The van der Waals surface area contributed by atoms with E-state index in [4.69, 9.17) is 21.1 Å². The van der Waals surface area contributed by atoms with Crippen molar-refractivity contribution in [3.63, 3.8) is 0 Å². The van der Waals surface area contributed by atoms with Crippen molar-refractivity contribution in [3.05, 3.63) is 75.4 Å². The molecule has 3 aromatic rings. The second-order valence-electron chi connectivity index (χ2n) is 7.36. The van der Waals surface area contributed by atoms with Crippen LogP contribution in [0.2, 0.25) is 5.15 Å². The molecule has 1 aliphatic carbocycles. The third kappa shape index (κ3) is 4.10. The number of hydrogen-bond donors (Lipinski definition) is 0. The van der Waals surface area contributed by atoms with E-state index in [0.29, 0.717) is 11.5 Å². The Kier molecular flexibility index (Phi) is 5.24. The summed E-state index contributed by atoms with van der Waals surface area (Å²) >= 11 is 6.01. The number of aryl methyl sites for hydroxylation is 3. The van der Waals surface area contributed by atoms with Crippen LogP contribution < -0.4 is 9.47 Å². The van der Waals surface area contributed by atoms with Crippen LogP contribution in [-0.2, 0) is 0 Å². The molecule has 1 heterocycles. The predicted molar refractivity (Wildman–Crippen MR) is 111 cm³/mol. The summed E-state index contributed by atoms with van der Waals surface area (Å²) in [5, 5.41) is 8.04. The summed E-state index contributed by atoms with van der Waals surface area (Å²) in [5.74, 6) is 0.997. The van der Waals surface area contributed by atoms with E-state index in [1.165, 1.54) is 6.07 Å². The molecule has 148 valence electrons. The van der Waals surface area contributed by atoms with Crippen LogP contribution in [0.1, 0.15) is 51.4 Å². The highest BCUT2D eigenvalue weighted by Gasteiger charge is 2.28. The van der Waals surface area contributed by atoms with Gasteiger partial charge in [0.1, 0.15) is 5.75 Å². The lowest BCUT2D eigenvalue weighted by atomic mass is 10.0. The van der Waals surface area contributed by atoms with Gasteiger partial charge in [0.15, 0.2) is 10.9 Å². The lowest BCUT2D eigenvalue weighted by Crippen LogP contribution is -2.13. The van der Waals surface area contributed by atoms with Gasteiger partial charge in [0.05, 0.1) is 5.56 Å². The van der Waals surface area contributed by atoms with E-state index in [1.54, 1.807) is 0 Å². The highest BCUT2D eigenvalue weighted by atomic mass is 35.5. The Labute approximate surface area is 174 Å². The molecule has 4 rings (SSSR count). The van der Waals surface area contributed by atoms with Gasteiger partial charge in [-0.15, -0.1) is 10.2 Å². The molecule has 29 heavy (non-hydrogen) atoms. The van der Waals surface area contributed by atoms with E-state index < -0.39 is 5.97 Å². The molecule has 0 aliphatic heterocycles. The number of para-hydroxylation sites is 1. The molecule has 0 bridgehead atoms. The molecule has 0 saturated heterocycles. The van der Waals surface area contributed by atoms with Crippen molar-refractivity contribution >= 4 is 17.6 Å². The summed E-state index contributed by atoms with van der Waals surface area (Å²) in [6.07, 6.45) is 2.28. The standard InChI is InChI=1S/C23H21ClN2O3/c1-13-6-4-7-14(2)20(13)23(27)28-18-12-19(24)25-26-22(18)29-21-15(3)8-5-9-17(21)16-10-11-16/h4-9,12,16H,10-11H2,1-3H3. The van der Waals surface area contributed by atoms with Crippen molar-refractivity contribution < 1.29 is 14.3 Å². The van der Waals surface area contributed by atoms with Crippen molar-refractivity contribution in [3.8, 4) is 17.4 Å². The number of aromatic nitrogens is 2. The maximum atomic E-state index is 12.9. The molecule has 1 saturated carbocycles. The zero-order valence-electron chi connectivity index (χ0n) is 16.5. The average Bonchev–Trinajstić information content (AvgIpc) is 3.50. The number of hydrogen-bond acceptors (Lipinski definition) is 5. The Bertz CT molecular complexity index is 1070. The Morgan fingerprint density at radius 3 is 2.34 bits per heavy atom. The first kappa shape index (κ1) is 19.4. The van der Waals surface area contributed by atoms with Gasteiger partial charge in [-0.3, -0.25) is 0 Å². The van der Waals surface area contributed by atoms with Crippen LogP contribution in [0.25, 0.3) is 0 Å². The molecular formula is C23H21ClN2O3. The van der Waals surface area contributed by atoms with E-state index in [0.717, 1.165) is 40.8 Å². The lowest BCUT2D eigenvalue weighted by Gasteiger charge is -2.15. The molecule has 0 unspecified atom stereocenters. The van der Waals surface area contributed by atoms with E-state index in [9.17, 15) is 4.79 Å². The Morgan fingerprint density at radius 1 is 1.00 bits per heavy atom. The largest absolute Gasteiger partial charge is 0.434 e. The lowest BCUT2D eigenvalue weighted by molar-refractivity contribution is 0.0727. The van der Waals surface area contributed by atoms with Crippen molar-refractivity contribution in [2.24, 2.45) is 0 Å². The second kappa shape index (κ2) is 7.84. The Balaban J connectivity index is 1.68. The van der Waals surface area contributed by atoms with Gasteiger partial charge in [0.2, 0.25) is 0 Å². The molecule has 0 radical (unpaired) electrons. The molecular weight excluding hydrogens is 388 g/mol. The van der Waals surface area contributed by atoms with Gasteiger partial charge in [0, 0.05) is 6.07 Å². The first-order chi connectivity index (χ1) is 13.9. The quantitative estimate of drug-likeness (QED) is 0.488. The van der Waals surface area contributed by atoms with Crippen molar-refractivity contribution in [1.29, 1.82) is 0 Å². The number of carbonyl (C=O) groups excluding carboxylic acids is 1. The molecule has 0 spiro atoms. The number of esters is 1. The highest BCUT2D eigenvalue weighted by molar-refractivity contribution is 6.29. The molecule has 1 fully saturated rings. The van der Waals surface area contributed by atoms with E-state index in [-0.39, 0.29) is 16.8 Å². The fourth-order valence-electron chi connectivity index (χ4n) is 3.40. The van der Waals surface area contributed by atoms with E-state index in [2.05, 4.69) is 16.3 Å². The van der Waals surface area contributed by atoms with Gasteiger partial charge < -0.3 is 9.47 Å². The maximum absolute atomic E-state index is 12.9. The fraction of sp³-hybridized carbons (Fsp3) is 0.261. The minimum absolute atomic E-state index is 0.116. The van der Waals surface area contributed by atoms with Crippen LogP contribution in [0.5, 0.6) is 17.4 Å². The van der Waals surface area contributed by atoms with Gasteiger partial charge >= 0.3 is 5.97 Å². The molecule has 0 atom stereocenters. The Morgan fingerprint density at radius 2 is 1.66 bits per heavy atom. The second-order valence-corrected chi connectivity index (χ2v) is 7.75. The summed E-state index contributed by atoms with van der Waals surface area (Å²) in [6, 6.07) is 13.1. The monoisotopic (exact) mass is 408 g/mol. The van der Waals surface area contributed by atoms with Crippen LogP contribution in [0, 0.1) is 20.8 Å². The van der Waals surface area contributed by atoms with Gasteiger partial charge in [0.25, 0.3) is 5.88 Å². The topological polar surface area (TPSA) is 61.3 Å². The van der Waals surface area contributed by atoms with Crippen LogP contribution in [0.3, 0.4) is 0 Å². The number of ether oxygens (including phenoxy) is 2. The first-order valence-corrected chi connectivity index (χ1v) is 9.91. The summed E-state index contributed by atoms with van der Waals surface area (Å²) in [5.41, 5.74) is 4.30. The minimum Gasteiger partial charge on any atom is -0.434 e. The smallest absolute Gasteiger partial charge is 0.344 e. The summed E-state index contributed by atoms with van der Waals surface area (Å²) in [6.45, 7) is 5.72. The first-order valence-electron chi connectivity index (χ1n) is 9.53. The van der Waals surface area contributed by atoms with Crippen LogP contribution in [0.15, 0.2) is 42.5 Å². The number of benzene rings is 2. The van der Waals surface area contributed by atoms with Gasteiger partial charge in [-0.25, -0.2) is 4.79 Å². The zero-order valence-corrected chi connectivity index (χ0v) is 17.3. The number of carbonyl (C=O) groups is 1. The van der Waals surface area contributed by atoms with Crippen LogP contribution in [0.4, 0.5) is 0 Å². The highest BCUT2D eigenvalue weighted by Crippen LogP contribution is 2.46. The van der Waals surface area contributed by atoms with E-state index in [1.807, 2.05) is 51.1 Å². The van der Waals surface area contributed by atoms with Crippen LogP contribution in [-0.4, -0.2) is 16.2 Å². The zero-order chi connectivity index (χ0) is 20.5. The van der Waals surface area contributed by atoms with Crippen molar-refractivity contribution in [2.75, 3.05) is 0 Å². The third-order valence-electron chi connectivity index (χ3n) is 5.04. The third-order valence-corrected chi connectivity index (χ3v) is 5.23. The van der Waals surface area contributed by atoms with E-state index >= 15 is 0 Å². The van der Waals surface area contributed by atoms with Crippen molar-refractivity contribution in [2.45, 2.75) is 39.5 Å². The molecule has 0 N–H and O–H groups in total. The Hall–Kier alpha value is -2.92. The molecule has 6 heteroatoms. The molecule has 1 aromatic heterocycles. The summed E-state index contributed by atoms with van der Waals surface area (Å²) < 4.78 is 11.8. The predicted octanol–water partition coefficient (Wildman–Crippen LogP) is 5.94. The molecule has 5 nitrogen and oxygen atoms in total. The van der Waals surface area contributed by atoms with Gasteiger partial charge in [-0.1, -0.05) is 48.0 Å². The van der Waals surface area contributed by atoms with Gasteiger partial charge in [-0.05, 0) is 61.8 Å². The van der Waals surface area contributed by atoms with Gasteiger partial charge in [-0.2, -0.15) is 0 Å². The average molecular weight is 409 g/mol. The SMILES string of the molecule is Cc1cccc(C2CC2)c1Oc1nnc(Cl)cc1OC(=O)c1c(C)cccc1C. The fourth-order valence-corrected chi connectivity index (χ4v) is 3.54. The molecule has 0 amide bonds. The summed E-state index contributed by atoms with van der Waals surface area (Å²) in [4.78, 5) is 12.9. The maximum Gasteiger partial charge on any atom is 0.344 e. The minimum atomic E-state index is -0.485.